The Morgan fingerprint density at radius 1 is 1.16 bits per heavy atom. The Hall–Kier alpha value is -3.78. The maximum Gasteiger partial charge on any atom is 0.220 e. The number of aromatic nitrogens is 3. The van der Waals surface area contributed by atoms with Gasteiger partial charge in [-0.15, -0.1) is 10.2 Å². The van der Waals surface area contributed by atoms with E-state index in [1.807, 2.05) is 18.2 Å². The third kappa shape index (κ3) is 6.19. The van der Waals surface area contributed by atoms with Gasteiger partial charge in [0.15, 0.2) is 16.7 Å². The molecule has 0 radical (unpaired) electrons. The second kappa shape index (κ2) is 12.2. The lowest BCUT2D eigenvalue weighted by molar-refractivity contribution is -0.479. The summed E-state index contributed by atoms with van der Waals surface area (Å²) in [7, 11) is 1.46. The predicted molar refractivity (Wildman–Crippen MR) is 145 cm³/mol. The Kier molecular flexibility index (Phi) is 8.73. The Morgan fingerprint density at radius 3 is 2.58 bits per heavy atom. The summed E-state index contributed by atoms with van der Waals surface area (Å²) in [4.78, 5) is 11.2. The average molecular weight is 570 g/mol. The molecule has 0 aliphatic rings. The molecule has 1 aromatic heterocycles. The molecule has 0 aliphatic carbocycles. The minimum Gasteiger partial charge on any atom is -0.493 e. The summed E-state index contributed by atoms with van der Waals surface area (Å²) in [5, 5.41) is 30.0. The zero-order valence-corrected chi connectivity index (χ0v) is 22.6. The first kappa shape index (κ1) is 27.3. The minimum absolute atomic E-state index is 0.0930. The molecule has 0 N–H and O–H groups in total. The first-order chi connectivity index (χ1) is 18.3. The SMILES string of the molecule is COc1cc([C@@H](C[N+](=O)[O-])Sc2nnc(C)n2-c2ccc(Cl)cc2)cc(Cl)c1OCc1ccccc1C#N. The number of thioether (sulfide) groups is 1. The third-order valence-electron chi connectivity index (χ3n) is 5.58. The average Bonchev–Trinajstić information content (AvgIpc) is 3.27. The van der Waals surface area contributed by atoms with Crippen LogP contribution in [0, 0.1) is 28.4 Å². The molecule has 0 aliphatic heterocycles. The van der Waals surface area contributed by atoms with Crippen molar-refractivity contribution >= 4 is 35.0 Å². The van der Waals surface area contributed by atoms with Crippen LogP contribution in [0.4, 0.5) is 0 Å². The van der Waals surface area contributed by atoms with E-state index in [4.69, 9.17) is 32.7 Å². The fourth-order valence-corrected chi connectivity index (χ4v) is 5.30. The number of aryl methyl sites for hydroxylation is 1. The van der Waals surface area contributed by atoms with Crippen LogP contribution in [0.1, 0.15) is 27.8 Å². The van der Waals surface area contributed by atoms with Gasteiger partial charge in [0, 0.05) is 21.2 Å². The van der Waals surface area contributed by atoms with Gasteiger partial charge in [-0.2, -0.15) is 5.26 Å². The van der Waals surface area contributed by atoms with Crippen LogP contribution in [0.15, 0.2) is 65.8 Å². The molecular weight excluding hydrogens is 549 g/mol. The van der Waals surface area contributed by atoms with Crippen LogP contribution in [-0.2, 0) is 6.61 Å². The van der Waals surface area contributed by atoms with Gasteiger partial charge in [0.25, 0.3) is 0 Å². The lowest BCUT2D eigenvalue weighted by atomic mass is 10.1. The van der Waals surface area contributed by atoms with Crippen LogP contribution >= 0.6 is 35.0 Å². The number of nitro groups is 1. The summed E-state index contributed by atoms with van der Waals surface area (Å²) in [6.07, 6.45) is 0. The number of ether oxygens (including phenoxy) is 2. The number of hydrogen-bond acceptors (Lipinski definition) is 8. The van der Waals surface area contributed by atoms with E-state index in [-0.39, 0.29) is 17.4 Å². The summed E-state index contributed by atoms with van der Waals surface area (Å²) in [6.45, 7) is 1.49. The largest absolute Gasteiger partial charge is 0.493 e. The summed E-state index contributed by atoms with van der Waals surface area (Å²) in [6, 6.07) is 19.6. The molecule has 9 nitrogen and oxygen atoms in total. The molecule has 0 spiro atoms. The highest BCUT2D eigenvalue weighted by molar-refractivity contribution is 7.99. The molecule has 0 fully saturated rings. The molecule has 0 saturated heterocycles. The van der Waals surface area contributed by atoms with Crippen molar-refractivity contribution in [1.82, 2.24) is 14.8 Å². The molecule has 1 heterocycles. The summed E-state index contributed by atoms with van der Waals surface area (Å²) in [5.74, 6) is 1.20. The maximum absolute atomic E-state index is 11.6. The van der Waals surface area contributed by atoms with E-state index >= 15 is 0 Å². The topological polar surface area (TPSA) is 116 Å². The molecule has 0 bridgehead atoms. The van der Waals surface area contributed by atoms with Gasteiger partial charge in [-0.05, 0) is 55.0 Å². The molecule has 0 saturated carbocycles. The Labute approximate surface area is 233 Å². The van der Waals surface area contributed by atoms with Crippen molar-refractivity contribution in [1.29, 1.82) is 5.26 Å². The van der Waals surface area contributed by atoms with Gasteiger partial charge >= 0.3 is 0 Å². The molecule has 38 heavy (non-hydrogen) atoms. The van der Waals surface area contributed by atoms with Crippen molar-refractivity contribution in [3.8, 4) is 23.3 Å². The second-order valence-electron chi connectivity index (χ2n) is 8.06. The van der Waals surface area contributed by atoms with Gasteiger partial charge in [0.05, 0.1) is 23.8 Å². The van der Waals surface area contributed by atoms with E-state index in [0.717, 1.165) is 5.69 Å². The van der Waals surface area contributed by atoms with Gasteiger partial charge in [-0.3, -0.25) is 14.7 Å². The fourth-order valence-electron chi connectivity index (χ4n) is 3.75. The van der Waals surface area contributed by atoms with E-state index in [9.17, 15) is 15.4 Å². The van der Waals surface area contributed by atoms with E-state index in [1.54, 1.807) is 54.0 Å². The Bertz CT molecular complexity index is 1500. The van der Waals surface area contributed by atoms with Crippen LogP contribution in [0.25, 0.3) is 5.69 Å². The molecule has 4 aromatic rings. The highest BCUT2D eigenvalue weighted by atomic mass is 35.5. The molecule has 1 atom stereocenters. The van der Waals surface area contributed by atoms with E-state index in [0.29, 0.717) is 38.4 Å². The van der Waals surface area contributed by atoms with Gasteiger partial charge in [0.1, 0.15) is 17.7 Å². The van der Waals surface area contributed by atoms with Gasteiger partial charge in [-0.25, -0.2) is 0 Å². The van der Waals surface area contributed by atoms with Gasteiger partial charge in [-0.1, -0.05) is 53.2 Å². The predicted octanol–water partition coefficient (Wildman–Crippen LogP) is 6.45. The van der Waals surface area contributed by atoms with Crippen molar-refractivity contribution in [3.63, 3.8) is 0 Å². The molecule has 12 heteroatoms. The summed E-state index contributed by atoms with van der Waals surface area (Å²) in [5.41, 5.74) is 2.51. The van der Waals surface area contributed by atoms with Crippen molar-refractivity contribution in [3.05, 3.63) is 103 Å². The number of hydrogen-bond donors (Lipinski definition) is 0. The monoisotopic (exact) mass is 569 g/mol. The molecule has 0 amide bonds. The second-order valence-corrected chi connectivity index (χ2v) is 10.1. The molecular formula is C26H21Cl2N5O4S. The quantitative estimate of drug-likeness (QED) is 0.121. The number of nitriles is 1. The lowest BCUT2D eigenvalue weighted by Crippen LogP contribution is -2.12. The third-order valence-corrected chi connectivity index (χ3v) is 7.29. The normalized spacial score (nSPS) is 11.6. The maximum atomic E-state index is 11.6. The number of methoxy groups -OCH3 is 1. The fraction of sp³-hybridized carbons (Fsp3) is 0.192. The van der Waals surface area contributed by atoms with Crippen molar-refractivity contribution in [2.75, 3.05) is 13.7 Å². The summed E-state index contributed by atoms with van der Waals surface area (Å²) >= 11 is 13.8. The first-order valence-electron chi connectivity index (χ1n) is 11.2. The highest BCUT2D eigenvalue weighted by Crippen LogP contribution is 2.43. The van der Waals surface area contributed by atoms with E-state index in [1.165, 1.54) is 18.9 Å². The molecule has 4 rings (SSSR count). The van der Waals surface area contributed by atoms with Crippen LogP contribution in [-0.4, -0.2) is 33.3 Å². The zero-order valence-electron chi connectivity index (χ0n) is 20.3. The minimum atomic E-state index is -0.667. The van der Waals surface area contributed by atoms with Gasteiger partial charge in [0.2, 0.25) is 6.54 Å². The van der Waals surface area contributed by atoms with Crippen LogP contribution in [0.2, 0.25) is 10.0 Å². The van der Waals surface area contributed by atoms with E-state index < -0.39 is 16.7 Å². The number of rotatable bonds is 10. The smallest absolute Gasteiger partial charge is 0.220 e. The van der Waals surface area contributed by atoms with Gasteiger partial charge < -0.3 is 9.47 Å². The van der Waals surface area contributed by atoms with Crippen LogP contribution in [0.3, 0.4) is 0 Å². The van der Waals surface area contributed by atoms with E-state index in [2.05, 4.69) is 16.3 Å². The number of benzene rings is 3. The van der Waals surface area contributed by atoms with Crippen LogP contribution in [0.5, 0.6) is 11.5 Å². The van der Waals surface area contributed by atoms with Crippen molar-refractivity contribution in [2.24, 2.45) is 0 Å². The van der Waals surface area contributed by atoms with Crippen LogP contribution < -0.4 is 9.47 Å². The number of halogens is 2. The Balaban J connectivity index is 1.66. The molecule has 3 aromatic carbocycles. The summed E-state index contributed by atoms with van der Waals surface area (Å²) < 4.78 is 13.3. The highest BCUT2D eigenvalue weighted by Gasteiger charge is 2.26. The number of nitrogens with zero attached hydrogens (tertiary/aromatic N) is 5. The molecule has 0 unspecified atom stereocenters. The standard InChI is InChI=1S/C26H21Cl2N5O4S/c1-16-30-31-26(33(16)21-9-7-20(27)8-10-21)38-24(14-32(34)35)19-11-22(28)25(23(12-19)36-2)37-15-18-6-4-3-5-17(18)13-29/h3-12,24H,14-15H2,1-2H3/t24-/m1/s1. The first-order valence-corrected chi connectivity index (χ1v) is 12.9. The Morgan fingerprint density at radius 2 is 1.89 bits per heavy atom. The van der Waals surface area contributed by atoms with Crippen molar-refractivity contribution < 1.29 is 14.4 Å². The molecule has 194 valence electrons. The zero-order chi connectivity index (χ0) is 27.2. The lowest BCUT2D eigenvalue weighted by Gasteiger charge is -2.18. The van der Waals surface area contributed by atoms with Crippen molar-refractivity contribution in [2.45, 2.75) is 23.9 Å².